The number of aromatic nitrogens is 1. The number of rotatable bonds is 11. The van der Waals surface area contributed by atoms with Crippen molar-refractivity contribution in [3.05, 3.63) is 16.1 Å². The van der Waals surface area contributed by atoms with E-state index in [0.717, 1.165) is 12.1 Å². The molecule has 0 bridgehead atoms. The second kappa shape index (κ2) is 10.5. The Morgan fingerprint density at radius 3 is 2.86 bits per heavy atom. The number of aryl methyl sites for hydroxylation is 1. The predicted octanol–water partition coefficient (Wildman–Crippen LogP) is 1.07. The molecule has 1 aromatic rings. The number of ether oxygens (including phenoxy) is 1. The van der Waals surface area contributed by atoms with E-state index in [9.17, 15) is 10.2 Å². The quantitative estimate of drug-likeness (QED) is 0.526. The van der Waals surface area contributed by atoms with Gasteiger partial charge in [0.15, 0.2) is 0 Å². The molecule has 0 aliphatic rings. The fourth-order valence-corrected chi connectivity index (χ4v) is 3.32. The molecule has 0 aromatic carbocycles. The number of thioether (sulfide) groups is 1. The first-order valence-corrected chi connectivity index (χ1v) is 9.27. The number of hydrogen-bond acceptors (Lipinski definition) is 7. The molecule has 5 nitrogen and oxygen atoms in total. The van der Waals surface area contributed by atoms with E-state index in [1.165, 1.54) is 4.88 Å². The summed E-state index contributed by atoms with van der Waals surface area (Å²) in [6, 6.07) is 0.152. The second-order valence-corrected chi connectivity index (χ2v) is 7.01. The summed E-state index contributed by atoms with van der Waals surface area (Å²) in [4.78, 5) is 5.43. The molecule has 0 saturated carbocycles. The first kappa shape index (κ1) is 18.9. The summed E-state index contributed by atoms with van der Waals surface area (Å²) < 4.78 is 5.50. The Morgan fingerprint density at radius 2 is 2.29 bits per heavy atom. The van der Waals surface area contributed by atoms with Crippen LogP contribution in [0.15, 0.2) is 5.51 Å². The van der Waals surface area contributed by atoms with Crippen molar-refractivity contribution in [1.82, 2.24) is 10.3 Å². The lowest BCUT2D eigenvalue weighted by atomic mass is 10.2. The highest BCUT2D eigenvalue weighted by Crippen LogP contribution is 2.12. The average molecular weight is 335 g/mol. The minimum Gasteiger partial charge on any atom is -0.395 e. The zero-order chi connectivity index (χ0) is 15.7. The Bertz CT molecular complexity index is 386. The third kappa shape index (κ3) is 7.08. The molecular formula is C14H26N2O3S2. The molecule has 1 aromatic heterocycles. The van der Waals surface area contributed by atoms with Gasteiger partial charge in [-0.1, -0.05) is 0 Å². The van der Waals surface area contributed by atoms with E-state index < -0.39 is 6.10 Å². The summed E-state index contributed by atoms with van der Waals surface area (Å²) in [5.41, 5.74) is 2.90. The molecule has 21 heavy (non-hydrogen) atoms. The molecule has 3 atom stereocenters. The Balaban J connectivity index is 2.11. The van der Waals surface area contributed by atoms with Crippen molar-refractivity contribution in [2.75, 3.05) is 32.6 Å². The second-order valence-electron chi connectivity index (χ2n) is 4.99. The van der Waals surface area contributed by atoms with Gasteiger partial charge in [0.2, 0.25) is 0 Å². The molecule has 1 heterocycles. The van der Waals surface area contributed by atoms with E-state index in [1.807, 2.05) is 25.6 Å². The molecule has 3 N–H and O–H groups in total. The fourth-order valence-electron chi connectivity index (χ4n) is 1.90. The maximum absolute atomic E-state index is 9.87. The van der Waals surface area contributed by atoms with Gasteiger partial charge in [-0.3, -0.25) is 0 Å². The van der Waals surface area contributed by atoms with Crippen molar-refractivity contribution < 1.29 is 14.9 Å². The van der Waals surface area contributed by atoms with Gasteiger partial charge in [0.1, 0.15) is 0 Å². The third-order valence-corrected chi connectivity index (χ3v) is 5.50. The number of nitrogens with zero attached hydrogens (tertiary/aromatic N) is 1. The van der Waals surface area contributed by atoms with Gasteiger partial charge in [-0.15, -0.1) is 11.3 Å². The molecule has 0 radical (unpaired) electrons. The van der Waals surface area contributed by atoms with Gasteiger partial charge in [0, 0.05) is 29.1 Å². The highest BCUT2D eigenvalue weighted by atomic mass is 32.2. The van der Waals surface area contributed by atoms with Crippen molar-refractivity contribution in [2.45, 2.75) is 37.7 Å². The van der Waals surface area contributed by atoms with Gasteiger partial charge in [-0.05, 0) is 20.1 Å². The smallest absolute Gasteiger partial charge is 0.0897 e. The molecule has 3 unspecified atom stereocenters. The van der Waals surface area contributed by atoms with Crippen molar-refractivity contribution in [1.29, 1.82) is 0 Å². The summed E-state index contributed by atoms with van der Waals surface area (Å²) in [5.74, 6) is 0. The van der Waals surface area contributed by atoms with Crippen LogP contribution >= 0.6 is 23.1 Å². The topological polar surface area (TPSA) is 74.6 Å². The van der Waals surface area contributed by atoms with Crippen LogP contribution in [0, 0.1) is 6.92 Å². The zero-order valence-electron chi connectivity index (χ0n) is 12.9. The molecule has 1 rings (SSSR count). The number of nitrogens with one attached hydrogen (secondary N) is 1. The van der Waals surface area contributed by atoms with Crippen LogP contribution in [0.4, 0.5) is 0 Å². The van der Waals surface area contributed by atoms with Crippen LogP contribution in [-0.4, -0.2) is 65.2 Å². The van der Waals surface area contributed by atoms with Crippen LogP contribution in [0.1, 0.15) is 17.5 Å². The lowest BCUT2D eigenvalue weighted by molar-refractivity contribution is 0.0371. The average Bonchev–Trinajstić information content (AvgIpc) is 2.88. The maximum Gasteiger partial charge on any atom is 0.0897 e. The molecule has 122 valence electrons. The van der Waals surface area contributed by atoms with Crippen LogP contribution in [0.5, 0.6) is 0 Å². The molecule has 7 heteroatoms. The SMILES string of the molecule is CSC(CO)C(C)NCC(O)COCCc1scnc1C. The lowest BCUT2D eigenvalue weighted by Crippen LogP contribution is -2.42. The summed E-state index contributed by atoms with van der Waals surface area (Å²) in [6.07, 6.45) is 2.28. The van der Waals surface area contributed by atoms with E-state index in [1.54, 1.807) is 23.1 Å². The maximum atomic E-state index is 9.87. The number of aliphatic hydroxyl groups excluding tert-OH is 2. The van der Waals surface area contributed by atoms with Gasteiger partial charge in [-0.2, -0.15) is 11.8 Å². The fraction of sp³-hybridized carbons (Fsp3) is 0.786. The Kier molecular flexibility index (Phi) is 9.46. The van der Waals surface area contributed by atoms with Crippen LogP contribution < -0.4 is 5.32 Å². The van der Waals surface area contributed by atoms with E-state index in [4.69, 9.17) is 4.74 Å². The number of aliphatic hydroxyl groups is 2. The Hall–Kier alpha value is -0.180. The molecule has 0 amide bonds. The summed E-state index contributed by atoms with van der Waals surface area (Å²) in [5, 5.41) is 22.4. The van der Waals surface area contributed by atoms with Gasteiger partial charge in [-0.25, -0.2) is 4.98 Å². The van der Waals surface area contributed by atoms with Crippen LogP contribution in [0.25, 0.3) is 0 Å². The lowest BCUT2D eigenvalue weighted by Gasteiger charge is -2.23. The minimum atomic E-state index is -0.531. The van der Waals surface area contributed by atoms with Gasteiger partial charge in [0.25, 0.3) is 0 Å². The summed E-state index contributed by atoms with van der Waals surface area (Å²) in [7, 11) is 0. The highest BCUT2D eigenvalue weighted by Gasteiger charge is 2.15. The molecular weight excluding hydrogens is 308 g/mol. The van der Waals surface area contributed by atoms with Crippen LogP contribution in [0.3, 0.4) is 0 Å². The van der Waals surface area contributed by atoms with Crippen molar-refractivity contribution in [2.24, 2.45) is 0 Å². The minimum absolute atomic E-state index is 0.135. The first-order chi connectivity index (χ1) is 10.1. The van der Waals surface area contributed by atoms with Gasteiger partial charge in [0.05, 0.1) is 37.1 Å². The zero-order valence-corrected chi connectivity index (χ0v) is 14.5. The van der Waals surface area contributed by atoms with E-state index in [2.05, 4.69) is 10.3 Å². The first-order valence-electron chi connectivity index (χ1n) is 7.10. The van der Waals surface area contributed by atoms with Crippen molar-refractivity contribution in [3.63, 3.8) is 0 Å². The Morgan fingerprint density at radius 1 is 1.52 bits per heavy atom. The summed E-state index contributed by atoms with van der Waals surface area (Å²) >= 11 is 3.26. The molecule has 0 spiro atoms. The molecule has 0 aliphatic heterocycles. The molecule has 0 aliphatic carbocycles. The monoisotopic (exact) mass is 334 g/mol. The normalized spacial score (nSPS) is 15.9. The van der Waals surface area contributed by atoms with Crippen molar-refractivity contribution in [3.8, 4) is 0 Å². The largest absolute Gasteiger partial charge is 0.395 e. The van der Waals surface area contributed by atoms with E-state index in [0.29, 0.717) is 19.8 Å². The van der Waals surface area contributed by atoms with E-state index >= 15 is 0 Å². The summed E-state index contributed by atoms with van der Waals surface area (Å²) in [6.45, 7) is 5.53. The molecule has 0 saturated heterocycles. The highest BCUT2D eigenvalue weighted by molar-refractivity contribution is 7.99. The van der Waals surface area contributed by atoms with Crippen molar-refractivity contribution >= 4 is 23.1 Å². The number of hydrogen-bond donors (Lipinski definition) is 3. The Labute approximate surface area is 135 Å². The van der Waals surface area contributed by atoms with Crippen LogP contribution in [0.2, 0.25) is 0 Å². The number of thiazole rings is 1. The van der Waals surface area contributed by atoms with Gasteiger partial charge < -0.3 is 20.3 Å². The van der Waals surface area contributed by atoms with Gasteiger partial charge >= 0.3 is 0 Å². The molecule has 0 fully saturated rings. The predicted molar refractivity (Wildman–Crippen MR) is 89.2 cm³/mol. The van der Waals surface area contributed by atoms with Crippen LogP contribution in [-0.2, 0) is 11.2 Å². The third-order valence-electron chi connectivity index (χ3n) is 3.34. The standard InChI is InChI=1S/C14H26N2O3S2/c1-10-13(21-9-16-10)4-5-19-8-12(18)6-15-11(2)14(7-17)20-3/h9,11-12,14-15,17-18H,4-8H2,1-3H3. The van der Waals surface area contributed by atoms with E-state index in [-0.39, 0.29) is 17.9 Å².